The van der Waals surface area contributed by atoms with Crippen LogP contribution in [-0.2, 0) is 19.2 Å². The highest BCUT2D eigenvalue weighted by molar-refractivity contribution is 5.96. The average Bonchev–Trinajstić information content (AvgIpc) is 2.01. The van der Waals surface area contributed by atoms with Crippen LogP contribution in [0.3, 0.4) is 0 Å². The highest BCUT2D eigenvalue weighted by atomic mass is 16.1. The van der Waals surface area contributed by atoms with E-state index in [0.29, 0.717) is 6.42 Å². The number of rotatable bonds is 3. The molecule has 0 saturated carbocycles. The molecule has 0 bridgehead atoms. The molecule has 0 aromatic heterocycles. The normalized spacial score (nSPS) is 6.78. The van der Waals surface area contributed by atoms with Crippen molar-refractivity contribution < 1.29 is 19.2 Å². The molecule has 4 heteroatoms. The van der Waals surface area contributed by atoms with Crippen LogP contribution in [-0.4, -0.2) is 23.1 Å². The number of ketones is 4. The van der Waals surface area contributed by atoms with E-state index >= 15 is 0 Å². The summed E-state index contributed by atoms with van der Waals surface area (Å²) in [5.41, 5.74) is 0. The predicted molar refractivity (Wildman–Crippen MR) is 76.8 cm³/mol. The molecule has 0 fully saturated rings. The molecule has 0 unspecified atom stereocenters. The average molecular weight is 262 g/mol. The molecule has 18 heavy (non-hydrogen) atoms. The third-order valence-electron chi connectivity index (χ3n) is 0.996. The van der Waals surface area contributed by atoms with Gasteiger partial charge in [-0.25, -0.2) is 0 Å². The number of hydrogen-bond acceptors (Lipinski definition) is 4. The van der Waals surface area contributed by atoms with E-state index in [4.69, 9.17) is 0 Å². The summed E-state index contributed by atoms with van der Waals surface area (Å²) in [6.45, 7) is 9.30. The zero-order valence-electron chi connectivity index (χ0n) is 11.0. The molecule has 4 nitrogen and oxygen atoms in total. The molecule has 0 heterocycles. The SMILES string of the molecule is C.C.CC(=O)CC(C)=O.CC(C)=O.CCC(C)=O. The predicted octanol–water partition coefficient (Wildman–Crippen LogP) is 3.41. The molecule has 0 amide bonds. The van der Waals surface area contributed by atoms with Gasteiger partial charge in [-0.1, -0.05) is 21.8 Å². The topological polar surface area (TPSA) is 68.3 Å². The van der Waals surface area contributed by atoms with Gasteiger partial charge in [0.05, 0.1) is 6.42 Å². The lowest BCUT2D eigenvalue weighted by Gasteiger charge is -1.81. The minimum Gasteiger partial charge on any atom is -0.300 e. The molecule has 0 saturated heterocycles. The molecule has 0 atom stereocenters. The van der Waals surface area contributed by atoms with Gasteiger partial charge < -0.3 is 9.59 Å². The monoisotopic (exact) mass is 262 g/mol. The Kier molecular flexibility index (Phi) is 35.1. The van der Waals surface area contributed by atoms with E-state index in [-0.39, 0.29) is 44.4 Å². The number of carbonyl (C=O) groups excluding carboxylic acids is 4. The second kappa shape index (κ2) is 21.0. The van der Waals surface area contributed by atoms with Gasteiger partial charge in [-0.15, -0.1) is 0 Å². The minimum absolute atomic E-state index is 0. The van der Waals surface area contributed by atoms with Gasteiger partial charge in [0.2, 0.25) is 0 Å². The van der Waals surface area contributed by atoms with Gasteiger partial charge in [-0.2, -0.15) is 0 Å². The molecule has 0 rings (SSSR count). The van der Waals surface area contributed by atoms with Crippen LogP contribution < -0.4 is 0 Å². The van der Waals surface area contributed by atoms with Crippen molar-refractivity contribution in [2.45, 2.75) is 69.2 Å². The Hall–Kier alpha value is -1.32. The molecular weight excluding hydrogens is 232 g/mol. The summed E-state index contributed by atoms with van der Waals surface area (Å²) in [7, 11) is 0. The Morgan fingerprint density at radius 3 is 0.833 bits per heavy atom. The molecule has 0 aliphatic rings. The quantitative estimate of drug-likeness (QED) is 0.731. The van der Waals surface area contributed by atoms with Crippen LogP contribution in [0.15, 0.2) is 0 Å². The first-order valence-electron chi connectivity index (χ1n) is 5.08. The third-order valence-corrected chi connectivity index (χ3v) is 0.996. The maximum Gasteiger partial charge on any atom is 0.137 e. The van der Waals surface area contributed by atoms with Crippen LogP contribution >= 0.6 is 0 Å². The molecule has 0 aromatic carbocycles. The summed E-state index contributed by atoms with van der Waals surface area (Å²) in [5.74, 6) is 0.296. The lowest BCUT2D eigenvalue weighted by molar-refractivity contribution is -0.124. The summed E-state index contributed by atoms with van der Waals surface area (Å²) in [6, 6.07) is 0. The summed E-state index contributed by atoms with van der Waals surface area (Å²) < 4.78 is 0. The molecule has 0 aromatic rings. The van der Waals surface area contributed by atoms with Gasteiger partial charge in [0, 0.05) is 6.42 Å². The fourth-order valence-corrected chi connectivity index (χ4v) is 0.351. The largest absolute Gasteiger partial charge is 0.300 e. The Labute approximate surface area is 112 Å². The van der Waals surface area contributed by atoms with Crippen molar-refractivity contribution in [2.75, 3.05) is 0 Å². The van der Waals surface area contributed by atoms with Crippen molar-refractivity contribution in [3.63, 3.8) is 0 Å². The van der Waals surface area contributed by atoms with Crippen LogP contribution in [0.4, 0.5) is 0 Å². The Balaban J connectivity index is -0.0000000463. The van der Waals surface area contributed by atoms with Gasteiger partial charge >= 0.3 is 0 Å². The summed E-state index contributed by atoms with van der Waals surface area (Å²) in [6.07, 6.45) is 0.750. The van der Waals surface area contributed by atoms with Crippen molar-refractivity contribution in [3.05, 3.63) is 0 Å². The van der Waals surface area contributed by atoms with E-state index < -0.39 is 0 Å². The Morgan fingerprint density at radius 2 is 0.833 bits per heavy atom. The van der Waals surface area contributed by atoms with E-state index in [1.54, 1.807) is 6.92 Å². The fourth-order valence-electron chi connectivity index (χ4n) is 0.351. The zero-order chi connectivity index (χ0) is 13.7. The second-order valence-electron chi connectivity index (χ2n) is 3.54. The van der Waals surface area contributed by atoms with Crippen LogP contribution in [0, 0.1) is 0 Å². The van der Waals surface area contributed by atoms with E-state index in [1.807, 2.05) is 6.92 Å². The summed E-state index contributed by atoms with van der Waals surface area (Å²) in [4.78, 5) is 39.3. The molecule has 110 valence electrons. The van der Waals surface area contributed by atoms with Crippen LogP contribution in [0.1, 0.15) is 69.2 Å². The zero-order valence-corrected chi connectivity index (χ0v) is 11.0. The van der Waals surface area contributed by atoms with Crippen molar-refractivity contribution in [1.29, 1.82) is 0 Å². The van der Waals surface area contributed by atoms with Crippen LogP contribution in [0.5, 0.6) is 0 Å². The maximum absolute atomic E-state index is 10.0. The highest BCUT2D eigenvalue weighted by Crippen LogP contribution is 1.80. The molecule has 0 aliphatic heterocycles. The lowest BCUT2D eigenvalue weighted by Crippen LogP contribution is -1.97. The highest BCUT2D eigenvalue weighted by Gasteiger charge is 1.94. The Morgan fingerprint density at radius 1 is 0.667 bits per heavy atom. The van der Waals surface area contributed by atoms with Crippen LogP contribution in [0.2, 0.25) is 0 Å². The third kappa shape index (κ3) is 125. The van der Waals surface area contributed by atoms with E-state index in [2.05, 4.69) is 0 Å². The lowest BCUT2D eigenvalue weighted by atomic mass is 10.2. The standard InChI is InChI=1S/C5H8O2.C4H8O.C3H6O.2CH4/c1-4(6)3-5(2)7;1-3-4(2)5;1-3(2)4;;/h3H2,1-2H3;3H2,1-2H3;1-2H3;2*1H4. The van der Waals surface area contributed by atoms with Gasteiger partial charge in [0.15, 0.2) is 0 Å². The molecule has 0 N–H and O–H groups in total. The van der Waals surface area contributed by atoms with Crippen molar-refractivity contribution >= 4 is 23.1 Å². The maximum atomic E-state index is 10.0. The van der Waals surface area contributed by atoms with E-state index in [0.717, 1.165) is 0 Å². The van der Waals surface area contributed by atoms with Crippen LogP contribution in [0.25, 0.3) is 0 Å². The van der Waals surface area contributed by atoms with E-state index in [9.17, 15) is 19.2 Å². The number of carbonyl (C=O) groups is 4. The smallest absolute Gasteiger partial charge is 0.137 e. The summed E-state index contributed by atoms with van der Waals surface area (Å²) in [5, 5.41) is 0. The molecular formula is C14H30O4. The molecule has 0 spiro atoms. The van der Waals surface area contributed by atoms with Gasteiger partial charge in [0.1, 0.15) is 23.1 Å². The number of Topliss-reactive ketones (excluding diaryl/α,β-unsaturated/α-hetero) is 4. The second-order valence-corrected chi connectivity index (χ2v) is 3.54. The van der Waals surface area contributed by atoms with Crippen molar-refractivity contribution in [3.8, 4) is 0 Å². The van der Waals surface area contributed by atoms with Gasteiger partial charge in [-0.3, -0.25) is 9.59 Å². The van der Waals surface area contributed by atoms with E-state index in [1.165, 1.54) is 27.7 Å². The summed E-state index contributed by atoms with van der Waals surface area (Å²) >= 11 is 0. The first-order valence-corrected chi connectivity index (χ1v) is 5.08. The first-order chi connectivity index (χ1) is 7.13. The van der Waals surface area contributed by atoms with Gasteiger partial charge in [-0.05, 0) is 34.6 Å². The first kappa shape index (κ1) is 30.1. The van der Waals surface area contributed by atoms with Crippen molar-refractivity contribution in [2.24, 2.45) is 0 Å². The Bertz CT molecular complexity index is 226. The molecule has 0 radical (unpaired) electrons. The number of hydrogen-bond donors (Lipinski definition) is 0. The molecule has 0 aliphatic carbocycles. The van der Waals surface area contributed by atoms with Crippen molar-refractivity contribution in [1.82, 2.24) is 0 Å². The minimum atomic E-state index is -0.0625. The fraction of sp³-hybridized carbons (Fsp3) is 0.714. The van der Waals surface area contributed by atoms with Gasteiger partial charge in [0.25, 0.3) is 0 Å².